The fraction of sp³-hybridized carbons (Fsp3) is 0.368. The van der Waals surface area contributed by atoms with Crippen LogP contribution in [0.1, 0.15) is 25.3 Å². The monoisotopic (exact) mass is 351 g/mol. The highest BCUT2D eigenvalue weighted by Gasteiger charge is 2.34. The lowest BCUT2D eigenvalue weighted by Crippen LogP contribution is -2.48. The summed E-state index contributed by atoms with van der Waals surface area (Å²) < 4.78 is 7.11. The minimum absolute atomic E-state index is 0.0162. The van der Waals surface area contributed by atoms with Crippen LogP contribution < -0.4 is 4.74 Å². The van der Waals surface area contributed by atoms with Gasteiger partial charge in [0.15, 0.2) is 12.3 Å². The molecule has 1 aliphatic rings. The first-order valence-electron chi connectivity index (χ1n) is 8.77. The summed E-state index contributed by atoms with van der Waals surface area (Å²) in [6.45, 7) is 3.68. The van der Waals surface area contributed by atoms with E-state index in [4.69, 9.17) is 4.74 Å². The van der Waals surface area contributed by atoms with Crippen LogP contribution >= 0.6 is 0 Å². The van der Waals surface area contributed by atoms with E-state index in [1.165, 1.54) is 16.4 Å². The Hall–Kier alpha value is -2.96. The van der Waals surface area contributed by atoms with Crippen LogP contribution in [0.5, 0.6) is 5.88 Å². The molecule has 3 aromatic rings. The maximum absolute atomic E-state index is 12.6. The highest BCUT2D eigenvalue weighted by Crippen LogP contribution is 2.33. The van der Waals surface area contributed by atoms with E-state index in [1.54, 1.807) is 12.1 Å². The number of piperidine rings is 1. The number of likely N-dealkylation sites (tertiary alicyclic amines) is 1. The molecule has 0 aliphatic carbocycles. The molecule has 1 amide bonds. The van der Waals surface area contributed by atoms with E-state index in [0.717, 1.165) is 19.4 Å². The Bertz CT molecular complexity index is 910. The van der Waals surface area contributed by atoms with Gasteiger partial charge in [-0.2, -0.15) is 4.52 Å². The first-order chi connectivity index (χ1) is 12.6. The highest BCUT2D eigenvalue weighted by molar-refractivity contribution is 5.78. The maximum Gasteiger partial charge on any atom is 0.260 e. The second-order valence-corrected chi connectivity index (χ2v) is 6.94. The van der Waals surface area contributed by atoms with Crippen LogP contribution in [0.4, 0.5) is 0 Å². The topological polar surface area (TPSA) is 72.6 Å². The molecule has 1 aliphatic heterocycles. The van der Waals surface area contributed by atoms with Crippen molar-refractivity contribution in [2.45, 2.75) is 25.2 Å². The van der Waals surface area contributed by atoms with Crippen molar-refractivity contribution >= 4 is 11.6 Å². The number of hydrogen-bond acceptors (Lipinski definition) is 5. The predicted octanol–water partition coefficient (Wildman–Crippen LogP) is 2.08. The second-order valence-electron chi connectivity index (χ2n) is 6.94. The second kappa shape index (κ2) is 6.74. The molecule has 1 fully saturated rings. The number of benzene rings is 1. The van der Waals surface area contributed by atoms with Crippen LogP contribution in [0.25, 0.3) is 5.65 Å². The molecule has 0 bridgehead atoms. The third-order valence-corrected chi connectivity index (χ3v) is 5.00. The van der Waals surface area contributed by atoms with Gasteiger partial charge in [-0.25, -0.2) is 0 Å². The SMILES string of the molecule is C[C@]1(c2ccccc2)CCCN(C(=O)COc2ccc3nncn3n2)C1. The summed E-state index contributed by atoms with van der Waals surface area (Å²) in [6, 6.07) is 13.9. The number of amides is 1. The molecule has 7 heteroatoms. The fourth-order valence-corrected chi connectivity index (χ4v) is 3.54. The fourth-order valence-electron chi connectivity index (χ4n) is 3.54. The van der Waals surface area contributed by atoms with Crippen molar-refractivity contribution in [2.24, 2.45) is 0 Å². The standard InChI is InChI=1S/C19H21N5O2/c1-19(15-6-3-2-4-7-15)10-5-11-23(13-19)18(25)12-26-17-9-8-16-21-20-14-24(16)22-17/h2-4,6-9,14H,5,10-13H2,1H3/t19-/m0/s1. The first kappa shape index (κ1) is 16.5. The number of carbonyl (C=O) groups is 1. The predicted molar refractivity (Wildman–Crippen MR) is 95.9 cm³/mol. The lowest BCUT2D eigenvalue weighted by Gasteiger charge is -2.41. The van der Waals surface area contributed by atoms with Crippen molar-refractivity contribution in [1.29, 1.82) is 0 Å². The quantitative estimate of drug-likeness (QED) is 0.720. The van der Waals surface area contributed by atoms with Crippen LogP contribution in [0.15, 0.2) is 48.8 Å². The zero-order valence-corrected chi connectivity index (χ0v) is 14.7. The van der Waals surface area contributed by atoms with Crippen molar-refractivity contribution in [2.75, 3.05) is 19.7 Å². The summed E-state index contributed by atoms with van der Waals surface area (Å²) in [4.78, 5) is 14.5. The van der Waals surface area contributed by atoms with Gasteiger partial charge in [-0.05, 0) is 24.5 Å². The number of carbonyl (C=O) groups excluding carboxylic acids is 1. The Labute approximate surface area is 151 Å². The molecule has 1 saturated heterocycles. The molecule has 4 rings (SSSR count). The third-order valence-electron chi connectivity index (χ3n) is 5.00. The van der Waals surface area contributed by atoms with Crippen molar-refractivity contribution in [3.63, 3.8) is 0 Å². The summed E-state index contributed by atoms with van der Waals surface area (Å²) in [5.41, 5.74) is 1.89. The number of rotatable bonds is 4. The molecule has 26 heavy (non-hydrogen) atoms. The summed E-state index contributed by atoms with van der Waals surface area (Å²) >= 11 is 0. The molecule has 0 N–H and O–H groups in total. The Morgan fingerprint density at radius 2 is 2.08 bits per heavy atom. The Kier molecular flexibility index (Phi) is 4.28. The van der Waals surface area contributed by atoms with Crippen molar-refractivity contribution < 1.29 is 9.53 Å². The van der Waals surface area contributed by atoms with E-state index in [9.17, 15) is 4.79 Å². The van der Waals surface area contributed by atoms with Gasteiger partial charge in [0.1, 0.15) is 6.33 Å². The van der Waals surface area contributed by atoms with Crippen LogP contribution in [0, 0.1) is 0 Å². The Balaban J connectivity index is 1.41. The molecule has 134 valence electrons. The van der Waals surface area contributed by atoms with E-state index in [2.05, 4.69) is 46.5 Å². The van der Waals surface area contributed by atoms with Crippen molar-refractivity contribution in [1.82, 2.24) is 24.7 Å². The molecule has 1 aromatic carbocycles. The van der Waals surface area contributed by atoms with Gasteiger partial charge in [0, 0.05) is 24.6 Å². The number of aromatic nitrogens is 4. The number of nitrogens with zero attached hydrogens (tertiary/aromatic N) is 5. The lowest BCUT2D eigenvalue weighted by molar-refractivity contribution is -0.135. The van der Waals surface area contributed by atoms with E-state index in [1.807, 2.05) is 11.0 Å². The van der Waals surface area contributed by atoms with Gasteiger partial charge >= 0.3 is 0 Å². The van der Waals surface area contributed by atoms with Crippen LogP contribution in [0.2, 0.25) is 0 Å². The largest absolute Gasteiger partial charge is 0.467 e. The van der Waals surface area contributed by atoms with Gasteiger partial charge in [0.2, 0.25) is 5.88 Å². The van der Waals surface area contributed by atoms with Crippen molar-refractivity contribution in [3.05, 3.63) is 54.4 Å². The summed E-state index contributed by atoms with van der Waals surface area (Å²) in [7, 11) is 0. The van der Waals surface area contributed by atoms with Gasteiger partial charge in [-0.1, -0.05) is 37.3 Å². The zero-order valence-electron chi connectivity index (χ0n) is 14.7. The first-order valence-corrected chi connectivity index (χ1v) is 8.77. The minimum atomic E-state index is -0.0223. The average molecular weight is 351 g/mol. The van der Waals surface area contributed by atoms with E-state index in [0.29, 0.717) is 18.1 Å². The normalized spacial score (nSPS) is 20.3. The smallest absolute Gasteiger partial charge is 0.260 e. The number of fused-ring (bicyclic) bond motifs is 1. The molecule has 1 atom stereocenters. The van der Waals surface area contributed by atoms with Gasteiger partial charge < -0.3 is 9.64 Å². The van der Waals surface area contributed by atoms with Crippen molar-refractivity contribution in [3.8, 4) is 5.88 Å². The van der Waals surface area contributed by atoms with Gasteiger partial charge in [-0.15, -0.1) is 15.3 Å². The molecule has 0 radical (unpaired) electrons. The number of ether oxygens (including phenoxy) is 1. The van der Waals surface area contributed by atoms with Crippen LogP contribution in [-0.4, -0.2) is 50.3 Å². The van der Waals surface area contributed by atoms with E-state index in [-0.39, 0.29) is 17.9 Å². The molecular weight excluding hydrogens is 330 g/mol. The average Bonchev–Trinajstić information content (AvgIpc) is 3.15. The molecule has 7 nitrogen and oxygen atoms in total. The Morgan fingerprint density at radius 1 is 1.23 bits per heavy atom. The maximum atomic E-state index is 12.6. The van der Waals surface area contributed by atoms with Crippen LogP contribution in [-0.2, 0) is 10.2 Å². The summed E-state index contributed by atoms with van der Waals surface area (Å²) in [6.07, 6.45) is 3.56. The van der Waals surface area contributed by atoms with Gasteiger partial charge in [-0.3, -0.25) is 4.79 Å². The third kappa shape index (κ3) is 3.24. The molecular formula is C19H21N5O2. The summed E-state index contributed by atoms with van der Waals surface area (Å²) in [5, 5.41) is 11.9. The van der Waals surface area contributed by atoms with E-state index < -0.39 is 0 Å². The molecule has 2 aromatic heterocycles. The van der Waals surface area contributed by atoms with Gasteiger partial charge in [0.25, 0.3) is 5.91 Å². The molecule has 0 unspecified atom stereocenters. The molecule has 0 spiro atoms. The van der Waals surface area contributed by atoms with E-state index >= 15 is 0 Å². The molecule has 3 heterocycles. The zero-order chi connectivity index (χ0) is 18.0. The summed E-state index contributed by atoms with van der Waals surface area (Å²) in [5.74, 6) is 0.367. The Morgan fingerprint density at radius 3 is 2.92 bits per heavy atom. The number of hydrogen-bond donors (Lipinski definition) is 0. The minimum Gasteiger partial charge on any atom is -0.467 e. The van der Waals surface area contributed by atoms with Gasteiger partial charge in [0.05, 0.1) is 0 Å². The lowest BCUT2D eigenvalue weighted by atomic mass is 9.76. The highest BCUT2D eigenvalue weighted by atomic mass is 16.5. The molecule has 0 saturated carbocycles. The van der Waals surface area contributed by atoms with Crippen LogP contribution in [0.3, 0.4) is 0 Å².